The van der Waals surface area contributed by atoms with Crippen molar-refractivity contribution in [3.8, 4) is 0 Å². The second kappa shape index (κ2) is 5.71. The van der Waals surface area contributed by atoms with Crippen molar-refractivity contribution >= 4 is 0 Å². The van der Waals surface area contributed by atoms with E-state index in [0.717, 1.165) is 31.6 Å². The Morgan fingerprint density at radius 1 is 1.30 bits per heavy atom. The molecule has 2 aromatic rings. The van der Waals surface area contributed by atoms with Crippen LogP contribution in [0, 0.1) is 0 Å². The summed E-state index contributed by atoms with van der Waals surface area (Å²) in [5.41, 5.74) is 2.85. The quantitative estimate of drug-likeness (QED) is 0.904. The monoisotopic (exact) mass is 271 g/mol. The molecule has 1 aromatic carbocycles. The lowest BCUT2D eigenvalue weighted by atomic mass is 10.1. The maximum Gasteiger partial charge on any atom is 0.168 e. The van der Waals surface area contributed by atoms with Crippen molar-refractivity contribution in [2.75, 3.05) is 6.54 Å². The van der Waals surface area contributed by atoms with E-state index >= 15 is 0 Å². The van der Waals surface area contributed by atoms with E-state index in [-0.39, 0.29) is 6.04 Å². The van der Waals surface area contributed by atoms with Gasteiger partial charge in [-0.3, -0.25) is 0 Å². The molecular weight excluding hydrogens is 250 g/mol. The molecule has 0 spiro atoms. The van der Waals surface area contributed by atoms with Gasteiger partial charge in [0.05, 0.1) is 12.1 Å². The molecule has 0 aliphatic heterocycles. The molecule has 1 aliphatic rings. The molecule has 1 N–H and O–H groups in total. The van der Waals surface area contributed by atoms with Gasteiger partial charge in [-0.15, -0.1) is 5.10 Å². The van der Waals surface area contributed by atoms with Crippen LogP contribution in [0.1, 0.15) is 49.3 Å². The number of tetrazole rings is 1. The molecule has 1 heterocycles. The summed E-state index contributed by atoms with van der Waals surface area (Å²) in [4.78, 5) is 0. The van der Waals surface area contributed by atoms with Crippen LogP contribution in [-0.2, 0) is 12.8 Å². The summed E-state index contributed by atoms with van der Waals surface area (Å²) >= 11 is 0. The van der Waals surface area contributed by atoms with Crippen molar-refractivity contribution in [2.45, 2.75) is 45.2 Å². The van der Waals surface area contributed by atoms with Crippen molar-refractivity contribution in [3.63, 3.8) is 0 Å². The minimum atomic E-state index is 0.189. The highest BCUT2D eigenvalue weighted by Crippen LogP contribution is 2.30. The van der Waals surface area contributed by atoms with Crippen LogP contribution in [0.15, 0.2) is 24.3 Å². The first-order valence-electron chi connectivity index (χ1n) is 7.37. The van der Waals surface area contributed by atoms with E-state index in [1.54, 1.807) is 0 Å². The maximum absolute atomic E-state index is 4.23. The molecule has 1 unspecified atom stereocenters. The van der Waals surface area contributed by atoms with E-state index in [9.17, 15) is 0 Å². The minimum Gasteiger partial charge on any atom is -0.307 e. The first-order chi connectivity index (χ1) is 9.79. The minimum absolute atomic E-state index is 0.189. The molecule has 1 atom stereocenters. The predicted molar refractivity (Wildman–Crippen MR) is 77.4 cm³/mol. The van der Waals surface area contributed by atoms with Gasteiger partial charge < -0.3 is 5.32 Å². The first kappa shape index (κ1) is 13.2. The molecule has 1 aliphatic carbocycles. The number of fused-ring (bicyclic) bond motifs is 1. The molecule has 5 heteroatoms. The third kappa shape index (κ3) is 2.45. The van der Waals surface area contributed by atoms with Crippen molar-refractivity contribution in [1.82, 2.24) is 25.5 Å². The molecular formula is C15H21N5. The van der Waals surface area contributed by atoms with Crippen LogP contribution in [0.5, 0.6) is 0 Å². The topological polar surface area (TPSA) is 55.6 Å². The van der Waals surface area contributed by atoms with Crippen LogP contribution in [0.2, 0.25) is 0 Å². The lowest BCUT2D eigenvalue weighted by molar-refractivity contribution is 0.416. The predicted octanol–water partition coefficient (Wildman–Crippen LogP) is 2.07. The maximum atomic E-state index is 4.23. The summed E-state index contributed by atoms with van der Waals surface area (Å²) in [6.45, 7) is 5.27. The summed E-state index contributed by atoms with van der Waals surface area (Å²) < 4.78 is 2.01. The van der Waals surface area contributed by atoms with Crippen LogP contribution in [0.4, 0.5) is 0 Å². The number of hydrogen-bond acceptors (Lipinski definition) is 4. The summed E-state index contributed by atoms with van der Waals surface area (Å²) in [6.07, 6.45) is 3.16. The highest BCUT2D eigenvalue weighted by Gasteiger charge is 2.27. The third-order valence-electron chi connectivity index (χ3n) is 3.98. The smallest absolute Gasteiger partial charge is 0.168 e. The second-order valence-corrected chi connectivity index (χ2v) is 5.49. The third-order valence-corrected chi connectivity index (χ3v) is 3.98. The van der Waals surface area contributed by atoms with Crippen molar-refractivity contribution in [2.24, 2.45) is 0 Å². The SMILES string of the molecule is CCCNC(C)c1nnnn1C1Cc2ccccc2C1. The number of rotatable bonds is 5. The van der Waals surface area contributed by atoms with E-state index in [2.05, 4.69) is 59.0 Å². The van der Waals surface area contributed by atoms with Gasteiger partial charge in [0.1, 0.15) is 0 Å². The molecule has 106 valence electrons. The van der Waals surface area contributed by atoms with Gasteiger partial charge in [0.2, 0.25) is 0 Å². The van der Waals surface area contributed by atoms with Gasteiger partial charge in [0, 0.05) is 0 Å². The Balaban J connectivity index is 1.78. The number of nitrogens with zero attached hydrogens (tertiary/aromatic N) is 4. The van der Waals surface area contributed by atoms with E-state index in [1.165, 1.54) is 11.1 Å². The Hall–Kier alpha value is -1.75. The Morgan fingerprint density at radius 2 is 2.00 bits per heavy atom. The fourth-order valence-corrected chi connectivity index (χ4v) is 2.91. The highest BCUT2D eigenvalue weighted by atomic mass is 15.6. The number of nitrogens with one attached hydrogen (secondary N) is 1. The van der Waals surface area contributed by atoms with Gasteiger partial charge in [-0.05, 0) is 54.3 Å². The highest BCUT2D eigenvalue weighted by molar-refractivity contribution is 5.32. The Morgan fingerprint density at radius 3 is 2.65 bits per heavy atom. The van der Waals surface area contributed by atoms with Gasteiger partial charge >= 0.3 is 0 Å². The standard InChI is InChI=1S/C15H21N5/c1-3-8-16-11(2)15-17-18-19-20(15)14-9-12-6-4-5-7-13(12)10-14/h4-7,11,14,16H,3,8-10H2,1-2H3. The summed E-state index contributed by atoms with van der Waals surface area (Å²) in [6, 6.07) is 9.16. The zero-order chi connectivity index (χ0) is 13.9. The van der Waals surface area contributed by atoms with E-state index in [4.69, 9.17) is 0 Å². The van der Waals surface area contributed by atoms with Crippen LogP contribution in [0.25, 0.3) is 0 Å². The van der Waals surface area contributed by atoms with Crippen molar-refractivity contribution < 1.29 is 0 Å². The molecule has 1 aromatic heterocycles. The van der Waals surface area contributed by atoms with E-state index < -0.39 is 0 Å². The number of benzene rings is 1. The average Bonchev–Trinajstić information content (AvgIpc) is 3.09. The van der Waals surface area contributed by atoms with Gasteiger partial charge in [0.15, 0.2) is 5.82 Å². The zero-order valence-corrected chi connectivity index (χ0v) is 12.1. The fraction of sp³-hybridized carbons (Fsp3) is 0.533. The number of aromatic nitrogens is 4. The van der Waals surface area contributed by atoms with Gasteiger partial charge in [-0.2, -0.15) is 0 Å². The Kier molecular flexibility index (Phi) is 3.78. The van der Waals surface area contributed by atoms with Crippen LogP contribution in [-0.4, -0.2) is 26.8 Å². The summed E-state index contributed by atoms with van der Waals surface area (Å²) in [5, 5.41) is 15.8. The van der Waals surface area contributed by atoms with E-state index in [0.29, 0.717) is 6.04 Å². The van der Waals surface area contributed by atoms with E-state index in [1.807, 2.05) is 4.68 Å². The van der Waals surface area contributed by atoms with Crippen molar-refractivity contribution in [3.05, 3.63) is 41.2 Å². The van der Waals surface area contributed by atoms with Crippen LogP contribution in [0.3, 0.4) is 0 Å². The largest absolute Gasteiger partial charge is 0.307 e. The van der Waals surface area contributed by atoms with Crippen LogP contribution >= 0.6 is 0 Å². The molecule has 0 saturated heterocycles. The van der Waals surface area contributed by atoms with Crippen LogP contribution < -0.4 is 5.32 Å². The molecule has 5 nitrogen and oxygen atoms in total. The molecule has 0 radical (unpaired) electrons. The fourth-order valence-electron chi connectivity index (χ4n) is 2.91. The van der Waals surface area contributed by atoms with Gasteiger partial charge in [-0.1, -0.05) is 31.2 Å². The molecule has 3 rings (SSSR count). The lowest BCUT2D eigenvalue weighted by Gasteiger charge is -2.16. The number of hydrogen-bond donors (Lipinski definition) is 1. The van der Waals surface area contributed by atoms with Gasteiger partial charge in [-0.25, -0.2) is 4.68 Å². The average molecular weight is 271 g/mol. The van der Waals surface area contributed by atoms with Crippen molar-refractivity contribution in [1.29, 1.82) is 0 Å². The lowest BCUT2D eigenvalue weighted by Crippen LogP contribution is -2.25. The Bertz CT molecular complexity index is 552. The molecule has 0 amide bonds. The van der Waals surface area contributed by atoms with Gasteiger partial charge in [0.25, 0.3) is 0 Å². The zero-order valence-electron chi connectivity index (χ0n) is 12.1. The summed E-state index contributed by atoms with van der Waals surface area (Å²) in [5.74, 6) is 0.941. The Labute approximate surface area is 119 Å². The molecule has 0 fully saturated rings. The molecule has 0 saturated carbocycles. The first-order valence-corrected chi connectivity index (χ1v) is 7.37. The normalized spacial score (nSPS) is 16.3. The second-order valence-electron chi connectivity index (χ2n) is 5.49. The molecule has 0 bridgehead atoms. The summed E-state index contributed by atoms with van der Waals surface area (Å²) in [7, 11) is 0. The molecule has 20 heavy (non-hydrogen) atoms.